The van der Waals surface area contributed by atoms with Crippen LogP contribution < -0.4 is 0 Å². The molecule has 1 aliphatic heterocycles. The summed E-state index contributed by atoms with van der Waals surface area (Å²) in [5.41, 5.74) is 1.13. The van der Waals surface area contributed by atoms with Gasteiger partial charge in [-0.2, -0.15) is 0 Å². The Labute approximate surface area is 130 Å². The van der Waals surface area contributed by atoms with Gasteiger partial charge in [-0.25, -0.2) is 9.69 Å². The number of nitrogens with zero attached hydrogens (tertiary/aromatic N) is 1. The fourth-order valence-electron chi connectivity index (χ4n) is 4.15. The summed E-state index contributed by atoms with van der Waals surface area (Å²) in [6.07, 6.45) is 4.41. The molecule has 0 radical (unpaired) electrons. The fourth-order valence-corrected chi connectivity index (χ4v) is 4.15. The van der Waals surface area contributed by atoms with Crippen LogP contribution in [0.5, 0.6) is 0 Å². The van der Waals surface area contributed by atoms with E-state index in [4.69, 9.17) is 4.74 Å². The van der Waals surface area contributed by atoms with E-state index in [0.29, 0.717) is 25.4 Å². The molecule has 1 unspecified atom stereocenters. The first kappa shape index (κ1) is 13.8. The van der Waals surface area contributed by atoms with E-state index in [-0.39, 0.29) is 11.9 Å². The van der Waals surface area contributed by atoms with Gasteiger partial charge in [0.1, 0.15) is 6.61 Å². The van der Waals surface area contributed by atoms with Crippen molar-refractivity contribution in [3.8, 4) is 0 Å². The van der Waals surface area contributed by atoms with E-state index in [1.807, 2.05) is 30.3 Å². The number of hydrogen-bond acceptors (Lipinski definition) is 3. The summed E-state index contributed by atoms with van der Waals surface area (Å²) in [7, 11) is 0. The smallest absolute Gasteiger partial charge is 0.416 e. The van der Waals surface area contributed by atoms with Crippen molar-refractivity contribution in [3.05, 3.63) is 35.9 Å². The molecule has 4 nitrogen and oxygen atoms in total. The monoisotopic (exact) mass is 299 g/mol. The predicted octanol–water partition coefficient (Wildman–Crippen LogP) is 3.01. The molecule has 0 N–H and O–H groups in total. The lowest BCUT2D eigenvalue weighted by Crippen LogP contribution is -2.40. The molecule has 4 rings (SSSR count). The molecule has 3 aliphatic rings. The topological polar surface area (TPSA) is 46.6 Å². The molecule has 2 aliphatic carbocycles. The predicted molar refractivity (Wildman–Crippen MR) is 81.1 cm³/mol. The molecule has 1 aromatic rings. The van der Waals surface area contributed by atoms with Crippen LogP contribution in [0.4, 0.5) is 4.79 Å². The van der Waals surface area contributed by atoms with Crippen LogP contribution in [-0.4, -0.2) is 29.5 Å². The van der Waals surface area contributed by atoms with Gasteiger partial charge in [-0.05, 0) is 49.0 Å². The Morgan fingerprint density at radius 2 is 1.86 bits per heavy atom. The first-order valence-corrected chi connectivity index (χ1v) is 8.23. The molecule has 0 aromatic heterocycles. The Bertz CT molecular complexity index is 575. The Hall–Kier alpha value is -1.84. The zero-order valence-corrected chi connectivity index (χ0v) is 12.6. The van der Waals surface area contributed by atoms with Crippen molar-refractivity contribution in [2.24, 2.45) is 17.8 Å². The fraction of sp³-hybridized carbons (Fsp3) is 0.556. The van der Waals surface area contributed by atoms with Crippen LogP contribution in [0, 0.1) is 17.8 Å². The summed E-state index contributed by atoms with van der Waals surface area (Å²) in [6.45, 7) is 0.315. The quantitative estimate of drug-likeness (QED) is 0.858. The molecule has 116 valence electrons. The van der Waals surface area contributed by atoms with E-state index in [0.717, 1.165) is 17.4 Å². The second kappa shape index (κ2) is 5.41. The minimum absolute atomic E-state index is 0.0465. The molecule has 0 bridgehead atoms. The minimum Gasteiger partial charge on any atom is -0.447 e. The Morgan fingerprint density at radius 1 is 1.14 bits per heavy atom. The average Bonchev–Trinajstić information content (AvgIpc) is 2.95. The summed E-state index contributed by atoms with van der Waals surface area (Å²) in [6, 6.07) is 9.81. The number of carbonyl (C=O) groups is 2. The number of carbonyl (C=O) groups excluding carboxylic acids is 2. The summed E-state index contributed by atoms with van der Waals surface area (Å²) in [5, 5.41) is 0. The molecule has 0 spiro atoms. The molecule has 1 heterocycles. The molecule has 1 saturated heterocycles. The second-order valence-electron chi connectivity index (χ2n) is 6.98. The van der Waals surface area contributed by atoms with E-state index in [1.165, 1.54) is 24.2 Å². The highest BCUT2D eigenvalue weighted by atomic mass is 16.6. The zero-order chi connectivity index (χ0) is 15.1. The van der Waals surface area contributed by atoms with Crippen molar-refractivity contribution in [1.29, 1.82) is 0 Å². The molecule has 1 aromatic carbocycles. The van der Waals surface area contributed by atoms with Crippen LogP contribution in [0.15, 0.2) is 30.3 Å². The van der Waals surface area contributed by atoms with Crippen molar-refractivity contribution >= 4 is 12.0 Å². The standard InChI is InChI=1S/C18H21NO3/c20-17(9-13-6-14-10-15(14)7-13)19-16(11-22-18(19)21)8-12-4-2-1-3-5-12/h1-5,13-16H,6-11H2/t13?,14-,15+,16-/m0/s1. The van der Waals surface area contributed by atoms with E-state index in [9.17, 15) is 9.59 Å². The van der Waals surface area contributed by atoms with Crippen molar-refractivity contribution in [2.45, 2.75) is 38.1 Å². The molecule has 22 heavy (non-hydrogen) atoms. The van der Waals surface area contributed by atoms with Gasteiger partial charge in [0, 0.05) is 6.42 Å². The summed E-state index contributed by atoms with van der Waals surface area (Å²) in [4.78, 5) is 25.9. The van der Waals surface area contributed by atoms with Crippen molar-refractivity contribution in [1.82, 2.24) is 4.90 Å². The highest BCUT2D eigenvalue weighted by Gasteiger charge is 2.47. The van der Waals surface area contributed by atoms with E-state index >= 15 is 0 Å². The van der Waals surface area contributed by atoms with Crippen LogP contribution in [0.2, 0.25) is 0 Å². The largest absolute Gasteiger partial charge is 0.447 e. The molecule has 3 fully saturated rings. The number of imide groups is 1. The van der Waals surface area contributed by atoms with Gasteiger partial charge in [0.25, 0.3) is 0 Å². The van der Waals surface area contributed by atoms with Gasteiger partial charge in [0.15, 0.2) is 0 Å². The van der Waals surface area contributed by atoms with Crippen molar-refractivity contribution < 1.29 is 14.3 Å². The molecule has 4 atom stereocenters. The molecule has 2 saturated carbocycles. The van der Waals surface area contributed by atoms with Crippen molar-refractivity contribution in [3.63, 3.8) is 0 Å². The van der Waals surface area contributed by atoms with Crippen LogP contribution in [-0.2, 0) is 16.0 Å². The highest BCUT2D eigenvalue weighted by Crippen LogP contribution is 2.55. The third-order valence-corrected chi connectivity index (χ3v) is 5.35. The molecular formula is C18H21NO3. The van der Waals surface area contributed by atoms with Gasteiger partial charge in [-0.1, -0.05) is 30.3 Å². The number of fused-ring (bicyclic) bond motifs is 1. The average molecular weight is 299 g/mol. The number of ether oxygens (including phenoxy) is 1. The Balaban J connectivity index is 1.41. The third kappa shape index (κ3) is 2.62. The number of cyclic esters (lactones) is 1. The maximum Gasteiger partial charge on any atom is 0.416 e. The van der Waals surface area contributed by atoms with Crippen molar-refractivity contribution in [2.75, 3.05) is 6.61 Å². The van der Waals surface area contributed by atoms with Crippen LogP contribution >= 0.6 is 0 Å². The Kier molecular flexibility index (Phi) is 3.40. The van der Waals surface area contributed by atoms with Gasteiger partial charge in [-0.15, -0.1) is 0 Å². The molecule has 4 heteroatoms. The zero-order valence-electron chi connectivity index (χ0n) is 12.6. The number of rotatable bonds is 4. The maximum atomic E-state index is 12.6. The van der Waals surface area contributed by atoms with Crippen LogP contribution in [0.25, 0.3) is 0 Å². The van der Waals surface area contributed by atoms with E-state index in [2.05, 4.69) is 0 Å². The highest BCUT2D eigenvalue weighted by molar-refractivity contribution is 5.93. The lowest BCUT2D eigenvalue weighted by atomic mass is 9.98. The number of benzene rings is 1. The van der Waals surface area contributed by atoms with Crippen LogP contribution in [0.1, 0.15) is 31.2 Å². The number of hydrogen-bond donors (Lipinski definition) is 0. The lowest BCUT2D eigenvalue weighted by Gasteiger charge is -2.21. The minimum atomic E-state index is -0.464. The van der Waals surface area contributed by atoms with Gasteiger partial charge < -0.3 is 4.74 Å². The van der Waals surface area contributed by atoms with E-state index < -0.39 is 6.09 Å². The first-order chi connectivity index (χ1) is 10.7. The Morgan fingerprint density at radius 3 is 2.59 bits per heavy atom. The van der Waals surface area contributed by atoms with Gasteiger partial charge in [-0.3, -0.25) is 4.79 Å². The lowest BCUT2D eigenvalue weighted by molar-refractivity contribution is -0.130. The molecular weight excluding hydrogens is 278 g/mol. The third-order valence-electron chi connectivity index (χ3n) is 5.35. The van der Waals surface area contributed by atoms with E-state index in [1.54, 1.807) is 0 Å². The summed E-state index contributed by atoms with van der Waals surface area (Å²) in [5.74, 6) is 2.16. The SMILES string of the molecule is O=C(CC1C[C@@H]2C[C@@H]2C1)N1C(=O)OC[C@@H]1Cc1ccccc1. The van der Waals surface area contributed by atoms with Gasteiger partial charge in [0.2, 0.25) is 5.91 Å². The van der Waals surface area contributed by atoms with Crippen LogP contribution in [0.3, 0.4) is 0 Å². The first-order valence-electron chi connectivity index (χ1n) is 8.23. The maximum absolute atomic E-state index is 12.6. The number of amides is 2. The molecule has 2 amide bonds. The summed E-state index contributed by atoms with van der Waals surface area (Å²) >= 11 is 0. The normalized spacial score (nSPS) is 32.7. The second-order valence-corrected chi connectivity index (χ2v) is 6.98. The summed E-state index contributed by atoms with van der Waals surface area (Å²) < 4.78 is 5.13. The van der Waals surface area contributed by atoms with Gasteiger partial charge >= 0.3 is 6.09 Å². The van der Waals surface area contributed by atoms with Gasteiger partial charge in [0.05, 0.1) is 6.04 Å².